The highest BCUT2D eigenvalue weighted by Crippen LogP contribution is 2.41. The molecular formula is C30H28N4O4. The zero-order valence-corrected chi connectivity index (χ0v) is 20.9. The largest absolute Gasteiger partial charge is 0.484 e. The van der Waals surface area contributed by atoms with Crippen LogP contribution < -0.4 is 10.1 Å². The van der Waals surface area contributed by atoms with E-state index in [2.05, 4.69) is 33.5 Å². The van der Waals surface area contributed by atoms with Crippen molar-refractivity contribution in [2.45, 2.75) is 38.5 Å². The van der Waals surface area contributed by atoms with E-state index < -0.39 is 0 Å². The Morgan fingerprint density at radius 1 is 1.05 bits per heavy atom. The Labute approximate surface area is 220 Å². The zero-order chi connectivity index (χ0) is 25.9. The van der Waals surface area contributed by atoms with Crippen LogP contribution >= 0.6 is 0 Å². The Morgan fingerprint density at radius 3 is 2.66 bits per heavy atom. The van der Waals surface area contributed by atoms with Crippen molar-refractivity contribution in [2.24, 2.45) is 5.92 Å². The van der Waals surface area contributed by atoms with Crippen LogP contribution in [0.4, 0.5) is 0 Å². The molecule has 2 amide bonds. The Bertz CT molecular complexity index is 1430. The minimum atomic E-state index is -0.322. The Kier molecular flexibility index (Phi) is 6.60. The van der Waals surface area contributed by atoms with Gasteiger partial charge in [0.25, 0.3) is 5.91 Å². The second kappa shape index (κ2) is 10.5. The van der Waals surface area contributed by atoms with Crippen molar-refractivity contribution in [1.29, 1.82) is 0 Å². The lowest BCUT2D eigenvalue weighted by molar-refractivity contribution is -0.134. The molecular weight excluding hydrogens is 480 g/mol. The molecule has 38 heavy (non-hydrogen) atoms. The summed E-state index contributed by atoms with van der Waals surface area (Å²) in [5, 5.41) is 2.82. The molecule has 8 nitrogen and oxygen atoms in total. The summed E-state index contributed by atoms with van der Waals surface area (Å²) in [7, 11) is 0. The number of carbonyl (C=O) groups excluding carboxylic acids is 2. The maximum atomic E-state index is 13.2. The molecule has 0 bridgehead atoms. The van der Waals surface area contributed by atoms with Gasteiger partial charge >= 0.3 is 0 Å². The highest BCUT2D eigenvalue weighted by molar-refractivity contribution is 5.91. The number of benzene rings is 2. The molecule has 1 aliphatic carbocycles. The van der Waals surface area contributed by atoms with Gasteiger partial charge in [-0.1, -0.05) is 36.4 Å². The number of carbonyl (C=O) groups is 2. The molecule has 1 saturated carbocycles. The molecule has 6 rings (SSSR count). The van der Waals surface area contributed by atoms with E-state index in [0.717, 1.165) is 36.0 Å². The van der Waals surface area contributed by atoms with Gasteiger partial charge < -0.3 is 19.4 Å². The number of oxazole rings is 1. The first-order chi connectivity index (χ1) is 18.7. The molecule has 0 saturated heterocycles. The fourth-order valence-electron chi connectivity index (χ4n) is 4.88. The molecule has 1 N–H and O–H groups in total. The number of aromatic nitrogens is 2. The SMILES string of the molecule is O=C(NCc1ccncc1)c1coc(COc2ccc3c(c2)C(c2ccccc2)N(C(=O)C2CC2)CC3)n1. The van der Waals surface area contributed by atoms with E-state index in [0.29, 0.717) is 24.7 Å². The summed E-state index contributed by atoms with van der Waals surface area (Å²) in [5.41, 5.74) is 4.53. The van der Waals surface area contributed by atoms with Gasteiger partial charge in [0.2, 0.25) is 11.8 Å². The third-order valence-electron chi connectivity index (χ3n) is 7.02. The molecule has 3 heterocycles. The predicted molar refractivity (Wildman–Crippen MR) is 139 cm³/mol. The molecule has 8 heteroatoms. The molecule has 1 atom stereocenters. The molecule has 1 unspecified atom stereocenters. The Morgan fingerprint density at radius 2 is 1.87 bits per heavy atom. The van der Waals surface area contributed by atoms with Crippen LogP contribution in [-0.4, -0.2) is 33.2 Å². The number of pyridine rings is 1. The van der Waals surface area contributed by atoms with Crippen LogP contribution in [0.15, 0.2) is 83.7 Å². The number of hydrogen-bond acceptors (Lipinski definition) is 6. The number of rotatable bonds is 8. The van der Waals surface area contributed by atoms with Crippen LogP contribution in [0, 0.1) is 5.92 Å². The Balaban J connectivity index is 1.16. The van der Waals surface area contributed by atoms with Gasteiger partial charge in [-0.25, -0.2) is 4.98 Å². The summed E-state index contributed by atoms with van der Waals surface area (Å²) < 4.78 is 11.5. The highest BCUT2D eigenvalue weighted by atomic mass is 16.5. The average molecular weight is 509 g/mol. The van der Waals surface area contributed by atoms with Crippen molar-refractivity contribution < 1.29 is 18.7 Å². The minimum Gasteiger partial charge on any atom is -0.484 e. The van der Waals surface area contributed by atoms with E-state index in [9.17, 15) is 9.59 Å². The van der Waals surface area contributed by atoms with Crippen LogP contribution in [0.2, 0.25) is 0 Å². The highest BCUT2D eigenvalue weighted by Gasteiger charge is 2.39. The molecule has 0 spiro atoms. The maximum absolute atomic E-state index is 13.2. The number of hydrogen-bond donors (Lipinski definition) is 1. The molecule has 0 radical (unpaired) electrons. The second-order valence-corrected chi connectivity index (χ2v) is 9.68. The summed E-state index contributed by atoms with van der Waals surface area (Å²) in [5.74, 6) is 1.04. The third kappa shape index (κ3) is 5.16. The number of amides is 2. The summed E-state index contributed by atoms with van der Waals surface area (Å²) in [6.07, 6.45) is 7.46. The molecule has 2 aromatic carbocycles. The van der Waals surface area contributed by atoms with Gasteiger partial charge in [0.05, 0.1) is 6.04 Å². The fraction of sp³-hybridized carbons (Fsp3) is 0.267. The molecule has 4 aromatic rings. The maximum Gasteiger partial charge on any atom is 0.273 e. The van der Waals surface area contributed by atoms with Crippen molar-refractivity contribution in [2.75, 3.05) is 6.54 Å². The fourth-order valence-corrected chi connectivity index (χ4v) is 4.88. The summed E-state index contributed by atoms with van der Waals surface area (Å²) in [4.78, 5) is 35.9. The van der Waals surface area contributed by atoms with E-state index in [1.54, 1.807) is 12.4 Å². The molecule has 2 aromatic heterocycles. The normalized spacial score (nSPS) is 16.5. The first-order valence-electron chi connectivity index (χ1n) is 12.9. The van der Waals surface area contributed by atoms with E-state index in [-0.39, 0.29) is 36.1 Å². The lowest BCUT2D eigenvalue weighted by atomic mass is 9.87. The molecule has 1 fully saturated rings. The predicted octanol–water partition coefficient (Wildman–Crippen LogP) is 4.46. The first-order valence-corrected chi connectivity index (χ1v) is 12.9. The summed E-state index contributed by atoms with van der Waals surface area (Å²) in [6, 6.07) is 19.7. The second-order valence-electron chi connectivity index (χ2n) is 9.68. The van der Waals surface area contributed by atoms with E-state index in [1.807, 2.05) is 47.4 Å². The van der Waals surface area contributed by atoms with Crippen LogP contribution in [0.5, 0.6) is 5.75 Å². The number of fused-ring (bicyclic) bond motifs is 1. The van der Waals surface area contributed by atoms with Crippen molar-refractivity contribution in [3.63, 3.8) is 0 Å². The zero-order valence-electron chi connectivity index (χ0n) is 20.9. The average Bonchev–Trinajstić information content (AvgIpc) is 3.71. The van der Waals surface area contributed by atoms with Gasteiger partial charge in [-0.05, 0) is 65.8 Å². The summed E-state index contributed by atoms with van der Waals surface area (Å²) >= 11 is 0. The van der Waals surface area contributed by atoms with Crippen LogP contribution in [0.3, 0.4) is 0 Å². The van der Waals surface area contributed by atoms with Gasteiger partial charge in [0.15, 0.2) is 12.3 Å². The lowest BCUT2D eigenvalue weighted by Crippen LogP contribution is -2.41. The van der Waals surface area contributed by atoms with Crippen molar-refractivity contribution in [1.82, 2.24) is 20.2 Å². The molecule has 2 aliphatic rings. The van der Waals surface area contributed by atoms with Gasteiger partial charge in [0.1, 0.15) is 12.0 Å². The van der Waals surface area contributed by atoms with Crippen LogP contribution in [0.25, 0.3) is 0 Å². The number of ether oxygens (including phenoxy) is 1. The van der Waals surface area contributed by atoms with E-state index in [1.165, 1.54) is 11.8 Å². The topological polar surface area (TPSA) is 97.6 Å². The van der Waals surface area contributed by atoms with Crippen molar-refractivity contribution >= 4 is 11.8 Å². The summed E-state index contributed by atoms with van der Waals surface area (Å²) in [6.45, 7) is 1.17. The van der Waals surface area contributed by atoms with Gasteiger partial charge in [-0.2, -0.15) is 0 Å². The molecule has 1 aliphatic heterocycles. The van der Waals surface area contributed by atoms with Crippen molar-refractivity contribution in [3.05, 3.63) is 113 Å². The van der Waals surface area contributed by atoms with Gasteiger partial charge in [0, 0.05) is 31.4 Å². The van der Waals surface area contributed by atoms with Crippen LogP contribution in [-0.2, 0) is 24.4 Å². The van der Waals surface area contributed by atoms with Crippen molar-refractivity contribution in [3.8, 4) is 5.75 Å². The third-order valence-corrected chi connectivity index (χ3v) is 7.02. The van der Waals surface area contributed by atoms with E-state index >= 15 is 0 Å². The van der Waals surface area contributed by atoms with Crippen LogP contribution in [0.1, 0.15) is 57.5 Å². The monoisotopic (exact) mass is 508 g/mol. The lowest BCUT2D eigenvalue weighted by Gasteiger charge is -2.38. The smallest absolute Gasteiger partial charge is 0.273 e. The Hall–Kier alpha value is -4.46. The van der Waals surface area contributed by atoms with Gasteiger partial charge in [-0.3, -0.25) is 14.6 Å². The minimum absolute atomic E-state index is 0.0805. The number of nitrogens with zero attached hydrogens (tertiary/aromatic N) is 3. The quantitative estimate of drug-likeness (QED) is 0.377. The first kappa shape index (κ1) is 23.9. The standard InChI is InChI=1S/C30H28N4O4/c35-29(32-17-20-10-13-31-14-11-20)26-18-38-27(33-26)19-37-24-9-8-21-12-15-34(30(36)23-6-7-23)28(25(21)16-24)22-4-2-1-3-5-22/h1-5,8-11,13-14,16,18,23,28H,6-7,12,15,17,19H2,(H,32,35). The van der Waals surface area contributed by atoms with E-state index in [4.69, 9.17) is 9.15 Å². The van der Waals surface area contributed by atoms with Gasteiger partial charge in [-0.15, -0.1) is 0 Å². The number of nitrogens with one attached hydrogen (secondary N) is 1. The molecule has 192 valence electrons.